The molecule has 0 N–H and O–H groups in total. The molecule has 2 rings (SSSR count). The van der Waals surface area contributed by atoms with E-state index in [1.165, 1.54) is 0 Å². The van der Waals surface area contributed by atoms with Gasteiger partial charge in [-0.2, -0.15) is 0 Å². The quantitative estimate of drug-likeness (QED) is 0.695. The van der Waals surface area contributed by atoms with Gasteiger partial charge in [-0.15, -0.1) is 0 Å². The normalized spacial score (nSPS) is 13.5. The van der Waals surface area contributed by atoms with Crippen molar-refractivity contribution in [2.75, 3.05) is 0 Å². The molecule has 0 bridgehead atoms. The monoisotopic (exact) mass is 281 g/mol. The van der Waals surface area contributed by atoms with Crippen LogP contribution in [0.3, 0.4) is 0 Å². The van der Waals surface area contributed by atoms with E-state index in [2.05, 4.69) is 46.8 Å². The van der Waals surface area contributed by atoms with E-state index in [1.54, 1.807) is 0 Å². The largest absolute Gasteiger partial charge is 0.223 e. The van der Waals surface area contributed by atoms with Crippen LogP contribution < -0.4 is 0 Å². The lowest BCUT2D eigenvalue weighted by atomic mass is 9.80. The van der Waals surface area contributed by atoms with Gasteiger partial charge in [0.1, 0.15) is 6.10 Å². The molecule has 2 aromatic rings. The maximum atomic E-state index is 13.1. The molecular formula is C20H25O. The zero-order chi connectivity index (χ0) is 15.6. The smallest absolute Gasteiger partial charge is 0.144 e. The van der Waals surface area contributed by atoms with Crippen LogP contribution in [-0.2, 0) is 10.5 Å². The molecule has 0 aliphatic rings. The Kier molecular flexibility index (Phi) is 4.53. The molecule has 111 valence electrons. The maximum absolute atomic E-state index is 13.1. The van der Waals surface area contributed by atoms with Crippen LogP contribution in [0.15, 0.2) is 48.5 Å². The lowest BCUT2D eigenvalue weighted by molar-refractivity contribution is 0.122. The third-order valence-electron chi connectivity index (χ3n) is 3.95. The highest BCUT2D eigenvalue weighted by Gasteiger charge is 2.25. The molecule has 0 spiro atoms. The van der Waals surface area contributed by atoms with Crippen molar-refractivity contribution in [3.05, 3.63) is 70.8 Å². The molecule has 0 fully saturated rings. The zero-order valence-corrected chi connectivity index (χ0v) is 13.7. The molecular weight excluding hydrogens is 256 g/mol. The van der Waals surface area contributed by atoms with Crippen LogP contribution >= 0.6 is 0 Å². The van der Waals surface area contributed by atoms with E-state index in [9.17, 15) is 5.11 Å². The molecule has 1 radical (unpaired) electrons. The molecule has 2 aromatic carbocycles. The third-order valence-corrected chi connectivity index (χ3v) is 3.95. The minimum Gasteiger partial charge on any atom is -0.223 e. The molecule has 0 aliphatic carbocycles. The Bertz CT molecular complexity index is 605. The van der Waals surface area contributed by atoms with Gasteiger partial charge >= 0.3 is 0 Å². The fourth-order valence-electron chi connectivity index (χ4n) is 2.85. The first kappa shape index (κ1) is 15.8. The summed E-state index contributed by atoms with van der Waals surface area (Å²) in [6.07, 6.45) is -0.820. The fourth-order valence-corrected chi connectivity index (χ4v) is 2.85. The van der Waals surface area contributed by atoms with Crippen molar-refractivity contribution >= 4 is 0 Å². The zero-order valence-electron chi connectivity index (χ0n) is 13.7. The van der Waals surface area contributed by atoms with Gasteiger partial charge < -0.3 is 0 Å². The van der Waals surface area contributed by atoms with Crippen LogP contribution in [0.2, 0.25) is 0 Å². The maximum Gasteiger partial charge on any atom is 0.144 e. The SMILES string of the molecule is CC(C)c1ccccc1C([O])c1ccccc1C(C)(C)C. The molecule has 1 unspecified atom stereocenters. The van der Waals surface area contributed by atoms with Crippen molar-refractivity contribution in [1.29, 1.82) is 0 Å². The van der Waals surface area contributed by atoms with Crippen LogP contribution in [0.25, 0.3) is 0 Å². The minimum atomic E-state index is -0.820. The van der Waals surface area contributed by atoms with Crippen molar-refractivity contribution in [2.45, 2.75) is 52.1 Å². The van der Waals surface area contributed by atoms with Gasteiger partial charge in [-0.1, -0.05) is 83.1 Å². The summed E-state index contributed by atoms with van der Waals surface area (Å²) in [5, 5.41) is 13.1. The second-order valence-electron chi connectivity index (χ2n) is 7.00. The molecule has 1 atom stereocenters. The first-order valence-electron chi connectivity index (χ1n) is 7.66. The van der Waals surface area contributed by atoms with Crippen molar-refractivity contribution in [2.24, 2.45) is 0 Å². The van der Waals surface area contributed by atoms with Crippen molar-refractivity contribution in [1.82, 2.24) is 0 Å². The van der Waals surface area contributed by atoms with E-state index in [4.69, 9.17) is 0 Å². The number of hydrogen-bond acceptors (Lipinski definition) is 0. The first-order chi connectivity index (χ1) is 9.82. The first-order valence-corrected chi connectivity index (χ1v) is 7.66. The second kappa shape index (κ2) is 6.03. The predicted octanol–water partition coefficient (Wildman–Crippen LogP) is 5.63. The summed E-state index contributed by atoms with van der Waals surface area (Å²) in [4.78, 5) is 0. The summed E-state index contributed by atoms with van der Waals surface area (Å²) >= 11 is 0. The minimum absolute atomic E-state index is 0.0218. The van der Waals surface area contributed by atoms with Gasteiger partial charge in [-0.3, -0.25) is 0 Å². The van der Waals surface area contributed by atoms with Crippen molar-refractivity contribution < 1.29 is 5.11 Å². The van der Waals surface area contributed by atoms with Crippen molar-refractivity contribution in [3.63, 3.8) is 0 Å². The van der Waals surface area contributed by atoms with E-state index < -0.39 is 6.10 Å². The van der Waals surface area contributed by atoms with Gasteiger partial charge in [-0.05, 0) is 33.6 Å². The third kappa shape index (κ3) is 3.36. The van der Waals surface area contributed by atoms with E-state index in [-0.39, 0.29) is 5.41 Å². The van der Waals surface area contributed by atoms with E-state index in [0.29, 0.717) is 5.92 Å². The van der Waals surface area contributed by atoms with Crippen LogP contribution in [0.4, 0.5) is 0 Å². The lowest BCUT2D eigenvalue weighted by Crippen LogP contribution is -2.16. The Morgan fingerprint density at radius 1 is 0.762 bits per heavy atom. The molecule has 0 aromatic heterocycles. The van der Waals surface area contributed by atoms with Gasteiger partial charge in [0.25, 0.3) is 0 Å². The van der Waals surface area contributed by atoms with Crippen molar-refractivity contribution in [3.8, 4) is 0 Å². The summed E-state index contributed by atoms with van der Waals surface area (Å²) in [6.45, 7) is 10.8. The van der Waals surface area contributed by atoms with Gasteiger partial charge in [0.05, 0.1) is 0 Å². The molecule has 0 saturated carbocycles. The summed E-state index contributed by atoms with van der Waals surface area (Å²) in [7, 11) is 0. The van der Waals surface area contributed by atoms with E-state index in [1.807, 2.05) is 36.4 Å². The van der Waals surface area contributed by atoms with Crippen LogP contribution in [0, 0.1) is 0 Å². The molecule has 0 aliphatic heterocycles. The van der Waals surface area contributed by atoms with E-state index in [0.717, 1.165) is 22.3 Å². The highest BCUT2D eigenvalue weighted by atomic mass is 16.3. The Hall–Kier alpha value is -1.60. The average molecular weight is 281 g/mol. The number of rotatable bonds is 3. The Labute approximate surface area is 128 Å². The van der Waals surface area contributed by atoms with Crippen LogP contribution in [0.1, 0.15) is 68.9 Å². The molecule has 0 amide bonds. The molecule has 21 heavy (non-hydrogen) atoms. The lowest BCUT2D eigenvalue weighted by Gasteiger charge is -2.26. The Morgan fingerprint density at radius 3 is 1.76 bits per heavy atom. The summed E-state index contributed by atoms with van der Waals surface area (Å²) in [6, 6.07) is 16.1. The average Bonchev–Trinajstić information content (AvgIpc) is 2.45. The van der Waals surface area contributed by atoms with Gasteiger partial charge in [-0.25, -0.2) is 5.11 Å². The highest BCUT2D eigenvalue weighted by molar-refractivity contribution is 5.42. The van der Waals surface area contributed by atoms with E-state index >= 15 is 0 Å². The topological polar surface area (TPSA) is 19.9 Å². The van der Waals surface area contributed by atoms with Crippen LogP contribution in [-0.4, -0.2) is 0 Å². The predicted molar refractivity (Wildman–Crippen MR) is 88.2 cm³/mol. The summed E-state index contributed by atoms with van der Waals surface area (Å²) < 4.78 is 0. The molecule has 1 heteroatoms. The Morgan fingerprint density at radius 2 is 1.24 bits per heavy atom. The summed E-state index contributed by atoms with van der Waals surface area (Å²) in [5.74, 6) is 0.361. The number of benzene rings is 2. The summed E-state index contributed by atoms with van der Waals surface area (Å²) in [5.41, 5.74) is 4.08. The van der Waals surface area contributed by atoms with Crippen LogP contribution in [0.5, 0.6) is 0 Å². The van der Waals surface area contributed by atoms with Gasteiger partial charge in [0, 0.05) is 0 Å². The van der Waals surface area contributed by atoms with Gasteiger partial charge in [0.15, 0.2) is 0 Å². The number of hydrogen-bond donors (Lipinski definition) is 0. The highest BCUT2D eigenvalue weighted by Crippen LogP contribution is 2.35. The molecule has 1 nitrogen and oxygen atoms in total. The second-order valence-corrected chi connectivity index (χ2v) is 7.00. The fraction of sp³-hybridized carbons (Fsp3) is 0.400. The molecule has 0 heterocycles. The Balaban J connectivity index is 2.54. The standard InChI is InChI=1S/C20H25O/c1-14(2)15-10-6-7-11-16(15)19(21)17-12-8-9-13-18(17)20(3,4)5/h6-14,19H,1-5H3. The molecule has 0 saturated heterocycles. The van der Waals surface area contributed by atoms with Gasteiger partial charge in [0.2, 0.25) is 0 Å².